The van der Waals surface area contributed by atoms with E-state index in [1.807, 2.05) is 0 Å². The molecule has 18 heteroatoms. The molecule has 3 heterocycles. The number of alkyl halides is 9. The number of aromatic nitrogens is 2. The topological polar surface area (TPSA) is 100 Å². The van der Waals surface area contributed by atoms with E-state index in [0.29, 0.717) is 69.8 Å². The molecule has 2 aliphatic rings. The summed E-state index contributed by atoms with van der Waals surface area (Å²) in [6, 6.07) is 2.76. The number of unbranched alkanes of at least 4 members (excludes halogenated alkanes) is 2. The highest BCUT2D eigenvalue weighted by Crippen LogP contribution is 2.43. The van der Waals surface area contributed by atoms with E-state index in [0.717, 1.165) is 12.1 Å². The minimum Gasteiger partial charge on any atom is -0.449 e. The average Bonchev–Trinajstić information content (AvgIpc) is 3.10. The Morgan fingerprint density at radius 2 is 1.57 bits per heavy atom. The van der Waals surface area contributed by atoms with E-state index >= 15 is 0 Å². The number of carbonyl (C=O) groups is 1. The molecule has 2 aromatic carbocycles. The van der Waals surface area contributed by atoms with Gasteiger partial charge in [0.25, 0.3) is 0 Å². The molecule has 2 N–H and O–H groups in total. The maximum absolute atomic E-state index is 13.9. The molecule has 9 nitrogen and oxygen atoms in total. The average molecular weight is 764 g/mol. The Bertz CT molecular complexity index is 1700. The van der Waals surface area contributed by atoms with Crippen molar-refractivity contribution in [1.82, 2.24) is 9.97 Å². The standard InChI is InChI=1S/C35H38F9N5O4/c1-2-25-19-27(26-18-22(33(36,37)38)6-7-29(26)49(25)32(51)53-11-5-3-4-10-50)46-31-45-20-30(48-8-12-52-13-9-48)28(47-31)16-21-14-23(34(39,40)41)17-24(15-21)35(42,43)44/h6-7,14-15,17-18,20,25,27,50H,2-5,8-13,16,19H2,1H3,(H,45,46,47). The second-order valence-electron chi connectivity index (χ2n) is 12.8. The number of aliphatic hydroxyl groups is 1. The van der Waals surface area contributed by atoms with Gasteiger partial charge < -0.3 is 24.8 Å². The van der Waals surface area contributed by atoms with Crippen LogP contribution in [-0.4, -0.2) is 66.7 Å². The summed E-state index contributed by atoms with van der Waals surface area (Å²) in [4.78, 5) is 25.3. The molecular weight excluding hydrogens is 725 g/mol. The van der Waals surface area contributed by atoms with E-state index < -0.39 is 59.8 Å². The van der Waals surface area contributed by atoms with Crippen molar-refractivity contribution in [3.05, 3.63) is 76.1 Å². The van der Waals surface area contributed by atoms with Gasteiger partial charge >= 0.3 is 24.6 Å². The van der Waals surface area contributed by atoms with Crippen LogP contribution in [-0.2, 0) is 34.4 Å². The van der Waals surface area contributed by atoms with Crippen LogP contribution >= 0.6 is 0 Å². The lowest BCUT2D eigenvalue weighted by Crippen LogP contribution is -2.46. The Kier molecular flexibility index (Phi) is 12.3. The Balaban J connectivity index is 1.53. The fraction of sp³-hybridized carbons (Fsp3) is 0.514. The van der Waals surface area contributed by atoms with Crippen LogP contribution in [0.25, 0.3) is 0 Å². The van der Waals surface area contributed by atoms with Crippen molar-refractivity contribution in [2.24, 2.45) is 0 Å². The summed E-state index contributed by atoms with van der Waals surface area (Å²) in [7, 11) is 0. The van der Waals surface area contributed by atoms with Gasteiger partial charge in [0.05, 0.1) is 65.8 Å². The van der Waals surface area contributed by atoms with Crippen molar-refractivity contribution in [3.63, 3.8) is 0 Å². The van der Waals surface area contributed by atoms with E-state index in [1.165, 1.54) is 17.2 Å². The van der Waals surface area contributed by atoms with Crippen LogP contribution < -0.4 is 15.1 Å². The molecule has 2 unspecified atom stereocenters. The lowest BCUT2D eigenvalue weighted by Gasteiger charge is -2.40. The van der Waals surface area contributed by atoms with E-state index in [4.69, 9.17) is 14.6 Å². The minimum absolute atomic E-state index is 0.0212. The first-order chi connectivity index (χ1) is 25.0. The molecule has 0 bridgehead atoms. The number of amides is 1. The number of aliphatic hydroxyl groups excluding tert-OH is 1. The molecule has 1 aromatic heterocycles. The van der Waals surface area contributed by atoms with E-state index in [1.54, 1.807) is 11.8 Å². The van der Waals surface area contributed by atoms with Crippen LogP contribution in [0.2, 0.25) is 0 Å². The molecule has 53 heavy (non-hydrogen) atoms. The van der Waals surface area contributed by atoms with Crippen molar-refractivity contribution < 1.29 is 58.9 Å². The minimum atomic E-state index is -5.07. The molecule has 0 radical (unpaired) electrons. The van der Waals surface area contributed by atoms with E-state index in [2.05, 4.69) is 15.3 Å². The van der Waals surface area contributed by atoms with Gasteiger partial charge in [0.15, 0.2) is 0 Å². The second-order valence-corrected chi connectivity index (χ2v) is 12.8. The SMILES string of the molecule is CCC1CC(Nc2ncc(N3CCOCC3)c(Cc3cc(C(F)(F)F)cc(C(F)(F)F)c3)n2)c2cc(C(F)(F)F)ccc2N1C(=O)OCCCCCO. The van der Waals surface area contributed by atoms with Gasteiger partial charge in [0, 0.05) is 32.2 Å². The van der Waals surface area contributed by atoms with Crippen LogP contribution in [0.1, 0.15) is 78.6 Å². The molecule has 1 amide bonds. The van der Waals surface area contributed by atoms with Crippen molar-refractivity contribution in [1.29, 1.82) is 0 Å². The summed E-state index contributed by atoms with van der Waals surface area (Å²) in [6.45, 7) is 3.05. The number of hydrogen-bond donors (Lipinski definition) is 2. The van der Waals surface area contributed by atoms with Gasteiger partial charge in [0.2, 0.25) is 5.95 Å². The molecular formula is C35H38F9N5O4. The van der Waals surface area contributed by atoms with Crippen LogP contribution in [0.5, 0.6) is 0 Å². The Morgan fingerprint density at radius 1 is 0.906 bits per heavy atom. The largest absolute Gasteiger partial charge is 0.449 e. The van der Waals surface area contributed by atoms with Crippen LogP contribution in [0.3, 0.4) is 0 Å². The molecule has 2 aliphatic heterocycles. The highest BCUT2D eigenvalue weighted by atomic mass is 19.4. The molecule has 5 rings (SSSR count). The van der Waals surface area contributed by atoms with Crippen molar-refractivity contribution >= 4 is 23.4 Å². The van der Waals surface area contributed by atoms with E-state index in [9.17, 15) is 44.3 Å². The highest BCUT2D eigenvalue weighted by Gasteiger charge is 2.40. The molecule has 0 saturated carbocycles. The summed E-state index contributed by atoms with van der Waals surface area (Å²) in [5.41, 5.74) is -3.62. The summed E-state index contributed by atoms with van der Waals surface area (Å²) in [5.74, 6) is -0.136. The number of carbonyl (C=O) groups excluding carboxylic acids is 1. The summed E-state index contributed by atoms with van der Waals surface area (Å²) in [6.07, 6.45) is -12.7. The summed E-state index contributed by atoms with van der Waals surface area (Å²) >= 11 is 0. The van der Waals surface area contributed by atoms with Crippen molar-refractivity contribution in [2.45, 2.75) is 76.1 Å². The van der Waals surface area contributed by atoms with Gasteiger partial charge in [-0.3, -0.25) is 4.90 Å². The maximum atomic E-state index is 13.9. The van der Waals surface area contributed by atoms with Gasteiger partial charge in [-0.2, -0.15) is 39.5 Å². The summed E-state index contributed by atoms with van der Waals surface area (Å²) in [5, 5.41) is 12.0. The van der Waals surface area contributed by atoms with Crippen molar-refractivity contribution in [2.75, 3.05) is 54.6 Å². The third kappa shape index (κ3) is 9.82. The second kappa shape index (κ2) is 16.4. The molecule has 2 atom stereocenters. The normalized spacial score (nSPS) is 18.2. The number of rotatable bonds is 11. The maximum Gasteiger partial charge on any atom is 0.416 e. The third-order valence-corrected chi connectivity index (χ3v) is 9.08. The number of halogens is 9. The Hall–Kier alpha value is -4.32. The Morgan fingerprint density at radius 3 is 2.17 bits per heavy atom. The van der Waals surface area contributed by atoms with Gasteiger partial charge in [-0.15, -0.1) is 0 Å². The number of ether oxygens (including phenoxy) is 2. The quantitative estimate of drug-likeness (QED) is 0.149. The van der Waals surface area contributed by atoms with Crippen LogP contribution in [0, 0.1) is 0 Å². The zero-order chi connectivity index (χ0) is 38.6. The zero-order valence-corrected chi connectivity index (χ0v) is 28.5. The fourth-order valence-electron chi connectivity index (χ4n) is 6.43. The first-order valence-electron chi connectivity index (χ1n) is 17.0. The number of anilines is 3. The number of hydrogen-bond acceptors (Lipinski definition) is 8. The number of nitrogens with one attached hydrogen (secondary N) is 1. The smallest absolute Gasteiger partial charge is 0.416 e. The third-order valence-electron chi connectivity index (χ3n) is 9.08. The lowest BCUT2D eigenvalue weighted by molar-refractivity contribution is -0.143. The Labute approximate surface area is 299 Å². The number of fused-ring (bicyclic) bond motifs is 1. The van der Waals surface area contributed by atoms with Gasteiger partial charge in [-0.25, -0.2) is 14.8 Å². The fourth-order valence-corrected chi connectivity index (χ4v) is 6.43. The predicted octanol–water partition coefficient (Wildman–Crippen LogP) is 8.40. The van der Waals surface area contributed by atoms with Crippen LogP contribution in [0.4, 0.5) is 61.6 Å². The van der Waals surface area contributed by atoms with Crippen LogP contribution in [0.15, 0.2) is 42.6 Å². The summed E-state index contributed by atoms with van der Waals surface area (Å²) < 4.78 is 135. The van der Waals surface area contributed by atoms with Gasteiger partial charge in [-0.1, -0.05) is 6.92 Å². The molecule has 0 spiro atoms. The van der Waals surface area contributed by atoms with E-state index in [-0.39, 0.29) is 54.2 Å². The number of morpholine rings is 1. The first-order valence-corrected chi connectivity index (χ1v) is 17.0. The number of benzene rings is 2. The molecule has 1 fully saturated rings. The molecule has 3 aromatic rings. The van der Waals surface area contributed by atoms with Gasteiger partial charge in [0.1, 0.15) is 0 Å². The molecule has 1 saturated heterocycles. The van der Waals surface area contributed by atoms with Crippen molar-refractivity contribution in [3.8, 4) is 0 Å². The molecule has 0 aliphatic carbocycles. The zero-order valence-electron chi connectivity index (χ0n) is 28.5. The monoisotopic (exact) mass is 763 g/mol. The molecule has 290 valence electrons. The highest BCUT2D eigenvalue weighted by molar-refractivity contribution is 5.90. The van der Waals surface area contributed by atoms with Gasteiger partial charge in [-0.05, 0) is 79.6 Å². The first kappa shape index (κ1) is 39.9. The lowest BCUT2D eigenvalue weighted by atomic mass is 9.89. The predicted molar refractivity (Wildman–Crippen MR) is 176 cm³/mol. The number of nitrogens with zero attached hydrogens (tertiary/aromatic N) is 4.